The van der Waals surface area contributed by atoms with Crippen molar-refractivity contribution in [3.8, 4) is 0 Å². The van der Waals surface area contributed by atoms with Gasteiger partial charge < -0.3 is 20.0 Å². The van der Waals surface area contributed by atoms with Gasteiger partial charge in [-0.3, -0.25) is 4.79 Å². The lowest BCUT2D eigenvalue weighted by molar-refractivity contribution is 0.0231. The number of fused-ring (bicyclic) bond motifs is 2. The number of hydrogen-bond donors (Lipinski definition) is 1. The second kappa shape index (κ2) is 10.5. The molecule has 1 N–H and O–H groups in total. The summed E-state index contributed by atoms with van der Waals surface area (Å²) < 4.78 is 7.06. The first-order valence-electron chi connectivity index (χ1n) is 12.5. The highest BCUT2D eigenvalue weighted by molar-refractivity contribution is 6.35. The lowest BCUT2D eigenvalue weighted by Gasteiger charge is -2.38. The predicted octanol–water partition coefficient (Wildman–Crippen LogP) is 4.40. The van der Waals surface area contributed by atoms with E-state index in [9.17, 15) is 9.59 Å². The minimum absolute atomic E-state index is 0.298. The van der Waals surface area contributed by atoms with Crippen LogP contribution in [0.5, 0.6) is 0 Å². The van der Waals surface area contributed by atoms with Crippen molar-refractivity contribution in [3.63, 3.8) is 0 Å². The molecule has 1 aliphatic heterocycles. The van der Waals surface area contributed by atoms with Gasteiger partial charge in [-0.2, -0.15) is 0 Å². The van der Waals surface area contributed by atoms with Gasteiger partial charge in [-0.25, -0.2) is 29.4 Å². The molecule has 4 heterocycles. The first-order chi connectivity index (χ1) is 18.5. The number of amides is 1. The van der Waals surface area contributed by atoms with Gasteiger partial charge in [0.05, 0.1) is 40.6 Å². The molecule has 1 amide bonds. The zero-order valence-electron chi connectivity index (χ0n) is 22.0. The summed E-state index contributed by atoms with van der Waals surface area (Å²) in [4.78, 5) is 46.0. The smallest absolute Gasteiger partial charge is 0.410 e. The number of nitrogens with one attached hydrogen (secondary N) is 1. The SMILES string of the molecule is C[C@H](Nc1ncnc2ccc(Cl)nc12)c1nc2cccc(Cl)c2c(=O)n1N1CCN(C(=O)OC(C)(C)C)CC1. The molecular formula is C26H28Cl2N8O3. The molecule has 0 saturated carbocycles. The number of halogens is 2. The Bertz CT molecular complexity index is 1610. The van der Waals surface area contributed by atoms with Crippen molar-refractivity contribution in [1.82, 2.24) is 29.5 Å². The molecule has 204 valence electrons. The average Bonchev–Trinajstić information content (AvgIpc) is 2.88. The third-order valence-electron chi connectivity index (χ3n) is 6.23. The monoisotopic (exact) mass is 570 g/mol. The van der Waals surface area contributed by atoms with Crippen molar-refractivity contribution in [2.24, 2.45) is 0 Å². The van der Waals surface area contributed by atoms with Gasteiger partial charge in [-0.05, 0) is 52.0 Å². The molecule has 0 unspecified atom stereocenters. The van der Waals surface area contributed by atoms with Crippen LogP contribution in [0.4, 0.5) is 10.6 Å². The van der Waals surface area contributed by atoms with E-state index in [0.29, 0.717) is 69.9 Å². The minimum Gasteiger partial charge on any atom is -0.444 e. The maximum atomic E-state index is 13.9. The highest BCUT2D eigenvalue weighted by atomic mass is 35.5. The number of carbonyl (C=O) groups is 1. The number of ether oxygens (including phenoxy) is 1. The largest absolute Gasteiger partial charge is 0.444 e. The molecule has 11 nitrogen and oxygen atoms in total. The summed E-state index contributed by atoms with van der Waals surface area (Å²) in [6.07, 6.45) is 1.05. The first-order valence-corrected chi connectivity index (χ1v) is 13.3. The Labute approximate surface area is 234 Å². The van der Waals surface area contributed by atoms with Crippen molar-refractivity contribution >= 4 is 57.0 Å². The van der Waals surface area contributed by atoms with Crippen LogP contribution in [-0.4, -0.2) is 67.4 Å². The highest BCUT2D eigenvalue weighted by Gasteiger charge is 2.29. The van der Waals surface area contributed by atoms with E-state index in [1.54, 1.807) is 39.9 Å². The Hall–Kier alpha value is -3.70. The summed E-state index contributed by atoms with van der Waals surface area (Å²) in [5.41, 5.74) is 0.712. The molecule has 1 aromatic carbocycles. The maximum Gasteiger partial charge on any atom is 0.410 e. The van der Waals surface area contributed by atoms with Crippen LogP contribution in [0.25, 0.3) is 21.9 Å². The number of pyridine rings is 1. The van der Waals surface area contributed by atoms with Gasteiger partial charge >= 0.3 is 6.09 Å². The molecule has 39 heavy (non-hydrogen) atoms. The molecule has 0 bridgehead atoms. The molecule has 1 fully saturated rings. The van der Waals surface area contributed by atoms with E-state index >= 15 is 0 Å². The summed E-state index contributed by atoms with van der Waals surface area (Å²) in [6.45, 7) is 8.91. The maximum absolute atomic E-state index is 13.9. The second-order valence-corrected chi connectivity index (χ2v) is 11.0. The molecule has 5 rings (SSSR count). The Kier molecular flexibility index (Phi) is 7.21. The van der Waals surface area contributed by atoms with Gasteiger partial charge in [0.1, 0.15) is 22.6 Å². The predicted molar refractivity (Wildman–Crippen MR) is 151 cm³/mol. The van der Waals surface area contributed by atoms with Crippen molar-refractivity contribution in [2.75, 3.05) is 36.5 Å². The lowest BCUT2D eigenvalue weighted by atomic mass is 10.2. The third kappa shape index (κ3) is 5.55. The second-order valence-electron chi connectivity index (χ2n) is 10.2. The molecule has 1 aliphatic rings. The normalized spacial score (nSPS) is 15.0. The van der Waals surface area contributed by atoms with Gasteiger partial charge in [0, 0.05) is 13.1 Å². The lowest BCUT2D eigenvalue weighted by Crippen LogP contribution is -2.57. The summed E-state index contributed by atoms with van der Waals surface area (Å²) in [5.74, 6) is 0.908. The van der Waals surface area contributed by atoms with Crippen molar-refractivity contribution < 1.29 is 9.53 Å². The van der Waals surface area contributed by atoms with Gasteiger partial charge in [0.2, 0.25) is 0 Å². The number of benzene rings is 1. The zero-order chi connectivity index (χ0) is 27.9. The fraction of sp³-hybridized carbons (Fsp3) is 0.385. The van der Waals surface area contributed by atoms with Crippen LogP contribution in [-0.2, 0) is 4.74 Å². The van der Waals surface area contributed by atoms with E-state index < -0.39 is 11.6 Å². The zero-order valence-corrected chi connectivity index (χ0v) is 23.5. The van der Waals surface area contributed by atoms with E-state index in [2.05, 4.69) is 20.3 Å². The van der Waals surface area contributed by atoms with Crippen molar-refractivity contribution in [3.05, 3.63) is 63.0 Å². The molecule has 0 radical (unpaired) electrons. The van der Waals surface area contributed by atoms with Crippen molar-refractivity contribution in [1.29, 1.82) is 0 Å². The van der Waals surface area contributed by atoms with Crippen LogP contribution in [0.15, 0.2) is 41.5 Å². The molecule has 4 aromatic rings. The molecule has 1 saturated heterocycles. The number of anilines is 1. The third-order valence-corrected chi connectivity index (χ3v) is 6.75. The molecule has 3 aromatic heterocycles. The fourth-order valence-electron chi connectivity index (χ4n) is 4.45. The Morgan fingerprint density at radius 2 is 1.77 bits per heavy atom. The number of aromatic nitrogens is 5. The van der Waals surface area contributed by atoms with Gasteiger partial charge in [0.15, 0.2) is 11.6 Å². The minimum atomic E-state index is -0.595. The molecule has 0 aliphatic carbocycles. The van der Waals surface area contributed by atoms with Gasteiger partial charge in [-0.15, -0.1) is 0 Å². The Morgan fingerprint density at radius 1 is 1.03 bits per heavy atom. The van der Waals surface area contributed by atoms with Crippen LogP contribution in [0, 0.1) is 0 Å². The van der Waals surface area contributed by atoms with Crippen LogP contribution in [0.1, 0.15) is 39.6 Å². The summed E-state index contributed by atoms with van der Waals surface area (Å²) >= 11 is 12.6. The van der Waals surface area contributed by atoms with E-state index in [1.807, 2.05) is 32.7 Å². The van der Waals surface area contributed by atoms with Crippen LogP contribution < -0.4 is 15.9 Å². The van der Waals surface area contributed by atoms with Gasteiger partial charge in [-0.1, -0.05) is 29.3 Å². The number of rotatable bonds is 4. The quantitative estimate of drug-likeness (QED) is 0.356. The average molecular weight is 571 g/mol. The fourth-order valence-corrected chi connectivity index (χ4v) is 4.85. The summed E-state index contributed by atoms with van der Waals surface area (Å²) in [6, 6.07) is 8.12. The van der Waals surface area contributed by atoms with E-state index in [0.717, 1.165) is 0 Å². The van der Waals surface area contributed by atoms with E-state index in [-0.39, 0.29) is 11.7 Å². The van der Waals surface area contributed by atoms with Gasteiger partial charge in [0.25, 0.3) is 5.56 Å². The number of nitrogens with zero attached hydrogens (tertiary/aromatic N) is 7. The number of carbonyl (C=O) groups excluding carboxylic acids is 1. The number of piperazine rings is 1. The highest BCUT2D eigenvalue weighted by Crippen LogP contribution is 2.26. The summed E-state index contributed by atoms with van der Waals surface area (Å²) in [5, 5.41) is 6.16. The van der Waals surface area contributed by atoms with Crippen molar-refractivity contribution in [2.45, 2.75) is 39.3 Å². The molecular weight excluding hydrogens is 543 g/mol. The molecule has 1 atom stereocenters. The summed E-state index contributed by atoms with van der Waals surface area (Å²) in [7, 11) is 0. The van der Waals surface area contributed by atoms with E-state index in [1.165, 1.54) is 6.33 Å². The number of hydrogen-bond acceptors (Lipinski definition) is 9. The van der Waals surface area contributed by atoms with E-state index in [4.69, 9.17) is 32.9 Å². The van der Waals surface area contributed by atoms with Crippen LogP contribution in [0.3, 0.4) is 0 Å². The van der Waals surface area contributed by atoms with Crippen LogP contribution >= 0.6 is 23.2 Å². The first kappa shape index (κ1) is 26.9. The molecule has 0 spiro atoms. The van der Waals surface area contributed by atoms with Crippen LogP contribution in [0.2, 0.25) is 10.2 Å². The standard InChI is InChI=1S/C26H28Cl2N8O3/c1-15(31-22-21-18(29-14-30-22)8-9-19(28)33-21)23-32-17-7-5-6-16(27)20(17)24(37)36(23)35-12-10-34(11-13-35)25(38)39-26(2,3)4/h5-9,14-15H,10-13H2,1-4H3,(H,29,30,31)/t15-/m0/s1. The Morgan fingerprint density at radius 3 is 2.49 bits per heavy atom. The Balaban J connectivity index is 1.52. The molecule has 13 heteroatoms. The topological polar surface area (TPSA) is 118 Å².